The van der Waals surface area contributed by atoms with Gasteiger partial charge in [0.1, 0.15) is 17.4 Å². The van der Waals surface area contributed by atoms with Crippen molar-refractivity contribution in [3.63, 3.8) is 0 Å². The molecule has 4 nitrogen and oxygen atoms in total. The Morgan fingerprint density at radius 1 is 1.28 bits per heavy atom. The third-order valence-electron chi connectivity index (χ3n) is 3.11. The predicted octanol–water partition coefficient (Wildman–Crippen LogP) is 2.52. The summed E-state index contributed by atoms with van der Waals surface area (Å²) in [5, 5.41) is 5.38. The molecule has 1 atom stereocenters. The van der Waals surface area contributed by atoms with E-state index in [0.29, 0.717) is 0 Å². The van der Waals surface area contributed by atoms with Crippen molar-refractivity contribution < 1.29 is 4.42 Å². The first-order valence-corrected chi connectivity index (χ1v) is 5.90. The molecule has 1 aromatic carbocycles. The summed E-state index contributed by atoms with van der Waals surface area (Å²) >= 11 is 0. The lowest BCUT2D eigenvalue weighted by molar-refractivity contribution is 0.509. The highest BCUT2D eigenvalue weighted by molar-refractivity contribution is 5.77. The minimum atomic E-state index is -0.288. The van der Waals surface area contributed by atoms with Crippen LogP contribution in [0.5, 0.6) is 0 Å². The van der Waals surface area contributed by atoms with E-state index in [1.54, 1.807) is 4.68 Å². The van der Waals surface area contributed by atoms with E-state index < -0.39 is 0 Å². The van der Waals surface area contributed by atoms with Crippen LogP contribution in [-0.2, 0) is 7.05 Å². The fraction of sp³-hybridized carbons (Fsp3) is 0.214. The maximum absolute atomic E-state index is 6.24. The van der Waals surface area contributed by atoms with Crippen molar-refractivity contribution in [3.05, 3.63) is 53.5 Å². The maximum Gasteiger partial charge on any atom is 0.134 e. The van der Waals surface area contributed by atoms with Crippen LogP contribution in [0.25, 0.3) is 11.0 Å². The van der Waals surface area contributed by atoms with Gasteiger partial charge in [0.25, 0.3) is 0 Å². The highest BCUT2D eigenvalue weighted by atomic mass is 16.3. The fourth-order valence-electron chi connectivity index (χ4n) is 2.22. The summed E-state index contributed by atoms with van der Waals surface area (Å²) < 4.78 is 7.58. The van der Waals surface area contributed by atoms with E-state index in [1.807, 2.05) is 50.4 Å². The molecule has 2 aromatic heterocycles. The summed E-state index contributed by atoms with van der Waals surface area (Å²) in [6.45, 7) is 1.95. The molecule has 1 unspecified atom stereocenters. The lowest BCUT2D eigenvalue weighted by atomic mass is 10.1. The topological polar surface area (TPSA) is 57.0 Å². The van der Waals surface area contributed by atoms with Gasteiger partial charge >= 0.3 is 0 Å². The van der Waals surface area contributed by atoms with Gasteiger partial charge < -0.3 is 10.2 Å². The molecular formula is C14H15N3O. The van der Waals surface area contributed by atoms with Gasteiger partial charge in [-0.15, -0.1) is 0 Å². The smallest absolute Gasteiger partial charge is 0.134 e. The predicted molar refractivity (Wildman–Crippen MR) is 70.2 cm³/mol. The molecule has 3 rings (SSSR count). The molecule has 0 radical (unpaired) electrons. The van der Waals surface area contributed by atoms with Crippen LogP contribution < -0.4 is 5.73 Å². The van der Waals surface area contributed by atoms with Crippen molar-refractivity contribution in [2.45, 2.75) is 13.0 Å². The molecule has 2 heterocycles. The molecule has 4 heteroatoms. The van der Waals surface area contributed by atoms with Gasteiger partial charge in [-0.1, -0.05) is 18.2 Å². The molecule has 0 aliphatic heterocycles. The zero-order chi connectivity index (χ0) is 12.7. The number of aryl methyl sites for hydroxylation is 2. The average molecular weight is 241 g/mol. The monoisotopic (exact) mass is 241 g/mol. The van der Waals surface area contributed by atoms with Crippen molar-refractivity contribution in [2.24, 2.45) is 12.8 Å². The molecule has 0 aliphatic rings. The number of furan rings is 1. The Hall–Kier alpha value is -2.07. The molecule has 0 spiro atoms. The van der Waals surface area contributed by atoms with Crippen LogP contribution in [0.4, 0.5) is 0 Å². The molecular weight excluding hydrogens is 226 g/mol. The highest BCUT2D eigenvalue weighted by Gasteiger charge is 2.17. The minimum absolute atomic E-state index is 0.288. The fourth-order valence-corrected chi connectivity index (χ4v) is 2.22. The molecule has 0 saturated heterocycles. The Morgan fingerprint density at radius 2 is 2.06 bits per heavy atom. The third kappa shape index (κ3) is 1.71. The van der Waals surface area contributed by atoms with Gasteiger partial charge in [0.2, 0.25) is 0 Å². The number of hydrogen-bond donors (Lipinski definition) is 1. The van der Waals surface area contributed by atoms with Crippen LogP contribution in [0.2, 0.25) is 0 Å². The largest absolute Gasteiger partial charge is 0.459 e. The molecule has 18 heavy (non-hydrogen) atoms. The molecule has 0 fully saturated rings. The Kier molecular flexibility index (Phi) is 2.45. The number of hydrogen-bond acceptors (Lipinski definition) is 3. The van der Waals surface area contributed by atoms with Gasteiger partial charge in [-0.3, -0.25) is 4.68 Å². The number of para-hydroxylation sites is 1. The number of aromatic nitrogens is 2. The van der Waals surface area contributed by atoms with Gasteiger partial charge in [0.05, 0.1) is 11.4 Å². The zero-order valence-corrected chi connectivity index (χ0v) is 10.4. The van der Waals surface area contributed by atoms with Gasteiger partial charge in [-0.05, 0) is 25.1 Å². The van der Waals surface area contributed by atoms with Crippen molar-refractivity contribution in [2.75, 3.05) is 0 Å². The van der Waals surface area contributed by atoms with E-state index in [4.69, 9.17) is 10.2 Å². The normalized spacial score (nSPS) is 13.1. The first-order valence-electron chi connectivity index (χ1n) is 5.90. The van der Waals surface area contributed by atoms with E-state index in [1.165, 1.54) is 0 Å². The van der Waals surface area contributed by atoms with Crippen LogP contribution in [0.1, 0.15) is 23.2 Å². The Balaban J connectivity index is 2.06. The molecule has 92 valence electrons. The van der Waals surface area contributed by atoms with Crippen LogP contribution >= 0.6 is 0 Å². The standard InChI is InChI=1S/C14H15N3O/c1-9-7-11(17(2)16-9)14(15)13-8-10-5-3-4-6-12(10)18-13/h3-8,14H,15H2,1-2H3. The van der Waals surface area contributed by atoms with Crippen LogP contribution in [0.15, 0.2) is 40.8 Å². The lowest BCUT2D eigenvalue weighted by Gasteiger charge is -2.08. The van der Waals surface area contributed by atoms with Gasteiger partial charge in [-0.2, -0.15) is 5.10 Å². The quantitative estimate of drug-likeness (QED) is 0.750. The highest BCUT2D eigenvalue weighted by Crippen LogP contribution is 2.26. The van der Waals surface area contributed by atoms with Crippen LogP contribution in [0.3, 0.4) is 0 Å². The lowest BCUT2D eigenvalue weighted by Crippen LogP contribution is -2.15. The molecule has 2 N–H and O–H groups in total. The van der Waals surface area contributed by atoms with E-state index in [-0.39, 0.29) is 6.04 Å². The number of fused-ring (bicyclic) bond motifs is 1. The maximum atomic E-state index is 6.24. The first kappa shape index (κ1) is 11.0. The first-order chi connectivity index (χ1) is 8.65. The second-order valence-corrected chi connectivity index (χ2v) is 4.50. The molecule has 0 saturated carbocycles. The Morgan fingerprint density at radius 3 is 2.72 bits per heavy atom. The van der Waals surface area contributed by atoms with Gasteiger partial charge in [-0.25, -0.2) is 0 Å². The van der Waals surface area contributed by atoms with E-state index >= 15 is 0 Å². The Labute approximate surface area is 105 Å². The van der Waals surface area contributed by atoms with Crippen LogP contribution in [-0.4, -0.2) is 9.78 Å². The summed E-state index contributed by atoms with van der Waals surface area (Å²) in [4.78, 5) is 0. The SMILES string of the molecule is Cc1cc(C(N)c2cc3ccccc3o2)n(C)n1. The van der Waals surface area contributed by atoms with Crippen molar-refractivity contribution >= 4 is 11.0 Å². The van der Waals surface area contributed by atoms with Crippen molar-refractivity contribution in [1.29, 1.82) is 0 Å². The Bertz CT molecular complexity index is 663. The third-order valence-corrected chi connectivity index (χ3v) is 3.11. The van der Waals surface area contributed by atoms with Gasteiger partial charge in [0, 0.05) is 12.4 Å². The number of nitrogens with zero attached hydrogens (tertiary/aromatic N) is 2. The number of nitrogens with two attached hydrogens (primary N) is 1. The van der Waals surface area contributed by atoms with Crippen molar-refractivity contribution in [3.8, 4) is 0 Å². The van der Waals surface area contributed by atoms with E-state index in [0.717, 1.165) is 28.1 Å². The average Bonchev–Trinajstić information content (AvgIpc) is 2.91. The minimum Gasteiger partial charge on any atom is -0.459 e. The second-order valence-electron chi connectivity index (χ2n) is 4.50. The molecule has 0 amide bonds. The number of rotatable bonds is 2. The summed E-state index contributed by atoms with van der Waals surface area (Å²) in [6.07, 6.45) is 0. The number of benzene rings is 1. The van der Waals surface area contributed by atoms with Gasteiger partial charge in [0.15, 0.2) is 0 Å². The molecule has 0 bridgehead atoms. The van der Waals surface area contributed by atoms with Crippen LogP contribution in [0, 0.1) is 6.92 Å². The second kappa shape index (κ2) is 3.99. The summed E-state index contributed by atoms with van der Waals surface area (Å²) in [5.41, 5.74) is 9.01. The summed E-state index contributed by atoms with van der Waals surface area (Å²) in [5.74, 6) is 0.763. The van der Waals surface area contributed by atoms with E-state index in [9.17, 15) is 0 Å². The molecule has 0 aliphatic carbocycles. The zero-order valence-electron chi connectivity index (χ0n) is 10.4. The summed E-state index contributed by atoms with van der Waals surface area (Å²) in [7, 11) is 1.89. The molecule has 3 aromatic rings. The van der Waals surface area contributed by atoms with E-state index in [2.05, 4.69) is 5.10 Å². The summed E-state index contributed by atoms with van der Waals surface area (Å²) in [6, 6.07) is 11.6. The van der Waals surface area contributed by atoms with Crippen molar-refractivity contribution in [1.82, 2.24) is 9.78 Å².